The van der Waals surface area contributed by atoms with E-state index >= 15 is 0 Å². The molecule has 1 heterocycles. The van der Waals surface area contributed by atoms with Crippen LogP contribution in [0.5, 0.6) is 11.5 Å². The van der Waals surface area contributed by atoms with Crippen molar-refractivity contribution in [2.45, 2.75) is 25.8 Å². The van der Waals surface area contributed by atoms with Gasteiger partial charge in [-0.15, -0.1) is 0 Å². The van der Waals surface area contributed by atoms with Gasteiger partial charge in [0, 0.05) is 5.56 Å². The Hall–Kier alpha value is -2.00. The summed E-state index contributed by atoms with van der Waals surface area (Å²) in [4.78, 5) is 0. The van der Waals surface area contributed by atoms with Crippen LogP contribution >= 0.6 is 0 Å². The molecule has 1 aliphatic rings. The van der Waals surface area contributed by atoms with Crippen LogP contribution in [-0.2, 0) is 6.42 Å². The number of ether oxygens (including phenoxy) is 2. The Morgan fingerprint density at radius 1 is 1.19 bits per heavy atom. The fourth-order valence-electron chi connectivity index (χ4n) is 2.85. The molecule has 2 aromatic rings. The van der Waals surface area contributed by atoms with Crippen molar-refractivity contribution in [2.24, 2.45) is 5.73 Å². The normalized spacial score (nSPS) is 15.0. The zero-order chi connectivity index (χ0) is 14.8. The number of rotatable bonds is 3. The Balaban J connectivity index is 1.98. The van der Waals surface area contributed by atoms with Crippen molar-refractivity contribution >= 4 is 0 Å². The maximum Gasteiger partial charge on any atom is 0.123 e. The fourth-order valence-corrected chi connectivity index (χ4v) is 2.85. The average Bonchev–Trinajstić information content (AvgIpc) is 2.53. The maximum absolute atomic E-state index is 6.47. The second-order valence-electron chi connectivity index (χ2n) is 5.54. The van der Waals surface area contributed by atoms with Gasteiger partial charge in [-0.2, -0.15) is 0 Å². The molecule has 1 atom stereocenters. The highest BCUT2D eigenvalue weighted by Gasteiger charge is 2.17. The van der Waals surface area contributed by atoms with Gasteiger partial charge in [0.05, 0.1) is 19.8 Å². The molecule has 1 aliphatic heterocycles. The van der Waals surface area contributed by atoms with E-state index in [2.05, 4.69) is 25.1 Å². The summed E-state index contributed by atoms with van der Waals surface area (Å²) in [5.74, 6) is 1.83. The molecule has 21 heavy (non-hydrogen) atoms. The first-order chi connectivity index (χ1) is 10.2. The number of hydrogen-bond acceptors (Lipinski definition) is 3. The summed E-state index contributed by atoms with van der Waals surface area (Å²) in [6.07, 6.45) is 2.13. The molecule has 0 bridgehead atoms. The molecule has 2 N–H and O–H groups in total. The number of nitrogens with two attached hydrogens (primary N) is 1. The lowest BCUT2D eigenvalue weighted by molar-refractivity contribution is 0.288. The molecule has 0 aliphatic carbocycles. The summed E-state index contributed by atoms with van der Waals surface area (Å²) >= 11 is 0. The third kappa shape index (κ3) is 2.74. The van der Waals surface area contributed by atoms with Crippen molar-refractivity contribution in [3.63, 3.8) is 0 Å². The molecule has 0 amide bonds. The molecule has 0 fully saturated rings. The van der Waals surface area contributed by atoms with Gasteiger partial charge in [-0.3, -0.25) is 0 Å². The minimum atomic E-state index is -0.188. The second kappa shape index (κ2) is 5.78. The van der Waals surface area contributed by atoms with Gasteiger partial charge in [0.15, 0.2) is 0 Å². The highest BCUT2D eigenvalue weighted by atomic mass is 16.5. The number of benzene rings is 2. The minimum absolute atomic E-state index is 0.188. The van der Waals surface area contributed by atoms with Crippen LogP contribution in [-0.4, -0.2) is 13.7 Å². The van der Waals surface area contributed by atoms with Crippen molar-refractivity contribution in [3.8, 4) is 11.5 Å². The monoisotopic (exact) mass is 283 g/mol. The van der Waals surface area contributed by atoms with Crippen LogP contribution in [0.15, 0.2) is 36.4 Å². The van der Waals surface area contributed by atoms with Gasteiger partial charge in [-0.25, -0.2) is 0 Å². The molecule has 1 unspecified atom stereocenters. The lowest BCUT2D eigenvalue weighted by atomic mass is 9.94. The van der Waals surface area contributed by atoms with Crippen molar-refractivity contribution in [2.75, 3.05) is 13.7 Å². The Morgan fingerprint density at radius 3 is 2.86 bits per heavy atom. The Kier molecular flexibility index (Phi) is 3.84. The van der Waals surface area contributed by atoms with Gasteiger partial charge in [-0.05, 0) is 43.0 Å². The van der Waals surface area contributed by atoms with Gasteiger partial charge >= 0.3 is 0 Å². The van der Waals surface area contributed by atoms with Crippen molar-refractivity contribution < 1.29 is 9.47 Å². The fraction of sp³-hybridized carbons (Fsp3) is 0.333. The smallest absolute Gasteiger partial charge is 0.123 e. The summed E-state index contributed by atoms with van der Waals surface area (Å²) < 4.78 is 11.1. The zero-order valence-electron chi connectivity index (χ0n) is 12.6. The Labute approximate surface area is 125 Å². The molecular formula is C18H21NO2. The summed E-state index contributed by atoms with van der Waals surface area (Å²) in [6.45, 7) is 2.88. The number of fused-ring (bicyclic) bond motifs is 1. The Bertz CT molecular complexity index is 652. The van der Waals surface area contributed by atoms with E-state index in [-0.39, 0.29) is 6.04 Å². The molecule has 0 aromatic heterocycles. The summed E-state index contributed by atoms with van der Waals surface area (Å²) in [6, 6.07) is 12.2. The van der Waals surface area contributed by atoms with Crippen molar-refractivity contribution in [1.29, 1.82) is 0 Å². The third-order valence-electron chi connectivity index (χ3n) is 4.01. The van der Waals surface area contributed by atoms with Crippen molar-refractivity contribution in [1.82, 2.24) is 0 Å². The standard InChI is InChI=1S/C18H21NO2/c1-12-5-7-17(20-2)15(10-12)18(19)14-6-8-16-13(11-14)4-3-9-21-16/h5-8,10-11,18H,3-4,9,19H2,1-2H3. The molecule has 0 saturated carbocycles. The molecular weight excluding hydrogens is 262 g/mol. The van der Waals surface area contributed by atoms with Crippen LogP contribution < -0.4 is 15.2 Å². The van der Waals surface area contributed by atoms with E-state index < -0.39 is 0 Å². The van der Waals surface area contributed by atoms with Crippen LogP contribution in [0.1, 0.15) is 34.7 Å². The quantitative estimate of drug-likeness (QED) is 0.939. The van der Waals surface area contributed by atoms with Crippen LogP contribution in [0.4, 0.5) is 0 Å². The SMILES string of the molecule is COc1ccc(C)cc1C(N)c1ccc2c(c1)CCCO2. The third-order valence-corrected chi connectivity index (χ3v) is 4.01. The van der Waals surface area contributed by atoms with Crippen LogP contribution in [0.25, 0.3) is 0 Å². The predicted molar refractivity (Wildman–Crippen MR) is 84.0 cm³/mol. The van der Waals surface area contributed by atoms with Gasteiger partial charge in [0.25, 0.3) is 0 Å². The van der Waals surface area contributed by atoms with E-state index in [9.17, 15) is 0 Å². The first-order valence-corrected chi connectivity index (χ1v) is 7.35. The maximum atomic E-state index is 6.47. The summed E-state index contributed by atoms with van der Waals surface area (Å²) in [5, 5.41) is 0. The van der Waals surface area contributed by atoms with Gasteiger partial charge in [0.2, 0.25) is 0 Å². The van der Waals surface area contributed by atoms with Gasteiger partial charge in [-0.1, -0.05) is 29.8 Å². The molecule has 3 heteroatoms. The first kappa shape index (κ1) is 14.0. The zero-order valence-corrected chi connectivity index (χ0v) is 12.6. The highest BCUT2D eigenvalue weighted by molar-refractivity contribution is 5.46. The van der Waals surface area contributed by atoms with E-state index in [4.69, 9.17) is 15.2 Å². The lowest BCUT2D eigenvalue weighted by Crippen LogP contribution is -2.15. The predicted octanol–water partition coefficient (Wildman–Crippen LogP) is 3.38. The summed E-state index contributed by atoms with van der Waals surface area (Å²) in [5.41, 5.74) is 11.0. The topological polar surface area (TPSA) is 44.5 Å². The summed E-state index contributed by atoms with van der Waals surface area (Å²) in [7, 11) is 1.68. The van der Waals surface area contributed by atoms with E-state index in [1.54, 1.807) is 7.11 Å². The molecule has 3 nitrogen and oxygen atoms in total. The molecule has 0 saturated heterocycles. The van der Waals surface area contributed by atoms with Gasteiger partial charge < -0.3 is 15.2 Å². The molecule has 3 rings (SSSR count). The van der Waals surface area contributed by atoms with E-state index in [0.29, 0.717) is 0 Å². The number of methoxy groups -OCH3 is 1. The number of hydrogen-bond donors (Lipinski definition) is 1. The molecule has 0 radical (unpaired) electrons. The van der Waals surface area contributed by atoms with Gasteiger partial charge in [0.1, 0.15) is 11.5 Å². The molecule has 2 aromatic carbocycles. The van der Waals surface area contributed by atoms with Crippen molar-refractivity contribution in [3.05, 3.63) is 58.7 Å². The van der Waals surface area contributed by atoms with Crippen LogP contribution in [0, 0.1) is 6.92 Å². The second-order valence-corrected chi connectivity index (χ2v) is 5.54. The van der Waals surface area contributed by atoms with E-state index in [1.165, 1.54) is 11.1 Å². The minimum Gasteiger partial charge on any atom is -0.496 e. The first-order valence-electron chi connectivity index (χ1n) is 7.35. The van der Waals surface area contributed by atoms with Crippen LogP contribution in [0.2, 0.25) is 0 Å². The highest BCUT2D eigenvalue weighted by Crippen LogP contribution is 2.33. The largest absolute Gasteiger partial charge is 0.496 e. The van der Waals surface area contributed by atoms with E-state index in [0.717, 1.165) is 42.1 Å². The molecule has 110 valence electrons. The van der Waals surface area contributed by atoms with Crippen LogP contribution in [0.3, 0.4) is 0 Å². The Morgan fingerprint density at radius 2 is 2.05 bits per heavy atom. The number of aryl methyl sites for hydroxylation is 2. The van der Waals surface area contributed by atoms with E-state index in [1.807, 2.05) is 18.2 Å². The molecule has 0 spiro atoms. The lowest BCUT2D eigenvalue weighted by Gasteiger charge is -2.21. The average molecular weight is 283 g/mol.